The molecule has 1 fully saturated rings. The van der Waals surface area contributed by atoms with Crippen molar-refractivity contribution in [1.82, 2.24) is 20.4 Å². The molecule has 1 aromatic rings. The van der Waals surface area contributed by atoms with Crippen LogP contribution in [-0.2, 0) is 11.2 Å². The summed E-state index contributed by atoms with van der Waals surface area (Å²) in [7, 11) is 0. The second-order valence-electron chi connectivity index (χ2n) is 4.84. The SMILES string of the molecule is CCc1cc(C(=O)NCC(C)N2CCOCC2)n[nH]1. The van der Waals surface area contributed by atoms with Gasteiger partial charge in [0.1, 0.15) is 5.69 Å². The van der Waals surface area contributed by atoms with Crippen molar-refractivity contribution in [2.24, 2.45) is 0 Å². The topological polar surface area (TPSA) is 70.2 Å². The number of rotatable bonds is 5. The molecular weight excluding hydrogens is 244 g/mol. The van der Waals surface area contributed by atoms with Gasteiger partial charge in [0.05, 0.1) is 13.2 Å². The van der Waals surface area contributed by atoms with Crippen molar-refractivity contribution in [3.8, 4) is 0 Å². The minimum atomic E-state index is -0.115. The van der Waals surface area contributed by atoms with Crippen LogP contribution in [0.1, 0.15) is 30.0 Å². The maximum Gasteiger partial charge on any atom is 0.271 e. The molecule has 1 aliphatic heterocycles. The highest BCUT2D eigenvalue weighted by molar-refractivity contribution is 5.92. The zero-order valence-corrected chi connectivity index (χ0v) is 11.6. The van der Waals surface area contributed by atoms with Crippen molar-refractivity contribution in [3.05, 3.63) is 17.5 Å². The monoisotopic (exact) mass is 266 g/mol. The summed E-state index contributed by atoms with van der Waals surface area (Å²) in [5.74, 6) is -0.115. The number of aromatic amines is 1. The smallest absolute Gasteiger partial charge is 0.271 e. The van der Waals surface area contributed by atoms with E-state index in [1.165, 1.54) is 0 Å². The van der Waals surface area contributed by atoms with Crippen LogP contribution in [0.3, 0.4) is 0 Å². The van der Waals surface area contributed by atoms with Gasteiger partial charge in [-0.05, 0) is 19.4 Å². The second kappa shape index (κ2) is 6.68. The summed E-state index contributed by atoms with van der Waals surface area (Å²) in [5.41, 5.74) is 1.44. The van der Waals surface area contributed by atoms with E-state index in [0.717, 1.165) is 38.4 Å². The fourth-order valence-corrected chi connectivity index (χ4v) is 2.14. The van der Waals surface area contributed by atoms with Gasteiger partial charge in [0, 0.05) is 31.4 Å². The van der Waals surface area contributed by atoms with Crippen LogP contribution in [0.5, 0.6) is 0 Å². The van der Waals surface area contributed by atoms with Crippen molar-refractivity contribution < 1.29 is 9.53 Å². The van der Waals surface area contributed by atoms with Crippen LogP contribution in [0.4, 0.5) is 0 Å². The predicted molar refractivity (Wildman–Crippen MR) is 72.2 cm³/mol. The Labute approximate surface area is 113 Å². The van der Waals surface area contributed by atoms with Crippen molar-refractivity contribution in [2.45, 2.75) is 26.3 Å². The molecule has 2 N–H and O–H groups in total. The summed E-state index contributed by atoms with van der Waals surface area (Å²) in [6.45, 7) is 8.18. The Bertz CT molecular complexity index is 413. The molecule has 6 heteroatoms. The van der Waals surface area contributed by atoms with Gasteiger partial charge in [-0.25, -0.2) is 0 Å². The highest BCUT2D eigenvalue weighted by Gasteiger charge is 2.18. The third-order valence-electron chi connectivity index (χ3n) is 3.47. The highest BCUT2D eigenvalue weighted by atomic mass is 16.5. The van der Waals surface area contributed by atoms with E-state index in [1.807, 2.05) is 6.92 Å². The van der Waals surface area contributed by atoms with E-state index >= 15 is 0 Å². The fraction of sp³-hybridized carbons (Fsp3) is 0.692. The molecule has 0 bridgehead atoms. The number of carbonyl (C=O) groups excluding carboxylic acids is 1. The number of morpholine rings is 1. The molecular formula is C13H22N4O2. The van der Waals surface area contributed by atoms with Gasteiger partial charge in [-0.3, -0.25) is 14.8 Å². The van der Waals surface area contributed by atoms with E-state index in [1.54, 1.807) is 6.07 Å². The number of hydrogen-bond acceptors (Lipinski definition) is 4. The van der Waals surface area contributed by atoms with Crippen LogP contribution in [0.25, 0.3) is 0 Å². The lowest BCUT2D eigenvalue weighted by Gasteiger charge is -2.32. The minimum Gasteiger partial charge on any atom is -0.379 e. The average Bonchev–Trinajstić information content (AvgIpc) is 2.94. The third kappa shape index (κ3) is 3.78. The van der Waals surface area contributed by atoms with Gasteiger partial charge in [0.15, 0.2) is 0 Å². The number of H-pyrrole nitrogens is 1. The van der Waals surface area contributed by atoms with E-state index < -0.39 is 0 Å². The number of ether oxygens (including phenoxy) is 1. The number of aryl methyl sites for hydroxylation is 1. The Morgan fingerprint density at radius 1 is 1.58 bits per heavy atom. The lowest BCUT2D eigenvalue weighted by molar-refractivity contribution is 0.0204. The number of amides is 1. The molecule has 1 aromatic heterocycles. The van der Waals surface area contributed by atoms with Crippen LogP contribution in [-0.4, -0.2) is 59.9 Å². The standard InChI is InChI=1S/C13H22N4O2/c1-3-11-8-12(16-15-11)13(18)14-9-10(2)17-4-6-19-7-5-17/h8,10H,3-7,9H2,1-2H3,(H,14,18)(H,15,16). The van der Waals surface area contributed by atoms with Gasteiger partial charge in [-0.2, -0.15) is 5.10 Å². The predicted octanol–water partition coefficient (Wildman–Crippen LogP) is 0.423. The Hall–Kier alpha value is -1.40. The number of nitrogens with zero attached hydrogens (tertiary/aromatic N) is 2. The molecule has 19 heavy (non-hydrogen) atoms. The van der Waals surface area contributed by atoms with Gasteiger partial charge < -0.3 is 10.1 Å². The van der Waals surface area contributed by atoms with Crippen LogP contribution in [0.15, 0.2) is 6.07 Å². The summed E-state index contributed by atoms with van der Waals surface area (Å²) < 4.78 is 5.32. The first kappa shape index (κ1) is 14.0. The zero-order valence-electron chi connectivity index (χ0n) is 11.6. The summed E-state index contributed by atoms with van der Waals surface area (Å²) in [6, 6.07) is 2.12. The normalized spacial score (nSPS) is 18.2. The Morgan fingerprint density at radius 3 is 2.95 bits per heavy atom. The van der Waals surface area contributed by atoms with E-state index in [4.69, 9.17) is 4.74 Å². The maximum atomic E-state index is 11.9. The van der Waals surface area contributed by atoms with Crippen LogP contribution >= 0.6 is 0 Å². The summed E-state index contributed by atoms with van der Waals surface area (Å²) in [6.07, 6.45) is 0.852. The number of aromatic nitrogens is 2. The summed E-state index contributed by atoms with van der Waals surface area (Å²) in [5, 5.41) is 9.79. The molecule has 6 nitrogen and oxygen atoms in total. The number of hydrogen-bond donors (Lipinski definition) is 2. The van der Waals surface area contributed by atoms with Gasteiger partial charge in [0.25, 0.3) is 5.91 Å². The van der Waals surface area contributed by atoms with Gasteiger partial charge in [-0.15, -0.1) is 0 Å². The van der Waals surface area contributed by atoms with Gasteiger partial charge in [-0.1, -0.05) is 6.92 Å². The third-order valence-corrected chi connectivity index (χ3v) is 3.47. The Balaban J connectivity index is 1.79. The first-order chi connectivity index (χ1) is 9.20. The molecule has 0 spiro atoms. The molecule has 0 radical (unpaired) electrons. The second-order valence-corrected chi connectivity index (χ2v) is 4.84. The van der Waals surface area contributed by atoms with Crippen molar-refractivity contribution in [3.63, 3.8) is 0 Å². The Morgan fingerprint density at radius 2 is 2.32 bits per heavy atom. The van der Waals surface area contributed by atoms with Crippen LogP contribution in [0, 0.1) is 0 Å². The van der Waals surface area contributed by atoms with Crippen molar-refractivity contribution >= 4 is 5.91 Å². The number of carbonyl (C=O) groups is 1. The van der Waals surface area contributed by atoms with E-state index in [-0.39, 0.29) is 5.91 Å². The summed E-state index contributed by atoms with van der Waals surface area (Å²) >= 11 is 0. The molecule has 106 valence electrons. The van der Waals surface area contributed by atoms with Crippen LogP contribution < -0.4 is 5.32 Å². The van der Waals surface area contributed by atoms with Crippen molar-refractivity contribution in [1.29, 1.82) is 0 Å². The fourth-order valence-electron chi connectivity index (χ4n) is 2.14. The molecule has 1 saturated heterocycles. The molecule has 1 aliphatic rings. The van der Waals surface area contributed by atoms with Crippen LogP contribution in [0.2, 0.25) is 0 Å². The molecule has 2 rings (SSSR count). The first-order valence-corrected chi connectivity index (χ1v) is 6.85. The molecule has 1 atom stereocenters. The molecule has 0 aromatic carbocycles. The van der Waals surface area contributed by atoms with E-state index in [0.29, 0.717) is 18.3 Å². The minimum absolute atomic E-state index is 0.115. The van der Waals surface area contributed by atoms with Gasteiger partial charge >= 0.3 is 0 Å². The maximum absolute atomic E-state index is 11.9. The zero-order chi connectivity index (χ0) is 13.7. The Kier molecular flexibility index (Phi) is 4.93. The molecule has 0 aliphatic carbocycles. The van der Waals surface area contributed by atoms with E-state index in [9.17, 15) is 4.79 Å². The average molecular weight is 266 g/mol. The largest absolute Gasteiger partial charge is 0.379 e. The van der Waals surface area contributed by atoms with Crippen molar-refractivity contribution in [2.75, 3.05) is 32.8 Å². The first-order valence-electron chi connectivity index (χ1n) is 6.85. The lowest BCUT2D eigenvalue weighted by Crippen LogP contribution is -2.47. The lowest BCUT2D eigenvalue weighted by atomic mass is 10.2. The quantitative estimate of drug-likeness (QED) is 0.810. The van der Waals surface area contributed by atoms with Gasteiger partial charge in [0.2, 0.25) is 0 Å². The number of nitrogens with one attached hydrogen (secondary N) is 2. The summed E-state index contributed by atoms with van der Waals surface area (Å²) in [4.78, 5) is 14.2. The van der Waals surface area contributed by atoms with E-state index in [2.05, 4.69) is 27.3 Å². The molecule has 0 saturated carbocycles. The molecule has 1 unspecified atom stereocenters. The molecule has 2 heterocycles. The molecule has 1 amide bonds. The highest BCUT2D eigenvalue weighted by Crippen LogP contribution is 2.04.